The average molecular weight is 287 g/mol. The van der Waals surface area contributed by atoms with E-state index in [4.69, 9.17) is 5.11 Å². The third-order valence-corrected chi connectivity index (χ3v) is 3.46. The molecule has 0 saturated heterocycles. The van der Waals surface area contributed by atoms with E-state index in [1.165, 1.54) is 12.1 Å². The molecule has 1 rings (SSSR count). The predicted molar refractivity (Wildman–Crippen MR) is 74.1 cm³/mol. The molecule has 0 spiro atoms. The van der Waals surface area contributed by atoms with E-state index in [2.05, 4.69) is 5.32 Å². The number of halogens is 1. The summed E-state index contributed by atoms with van der Waals surface area (Å²) in [4.78, 5) is 10.7. The first-order valence-electron chi connectivity index (χ1n) is 5.79. The number of carbonyl (C=O) groups is 1. The Labute approximate surface area is 116 Å². The largest absolute Gasteiger partial charge is 0.478 e. The van der Waals surface area contributed by atoms with Crippen molar-refractivity contribution in [2.45, 2.75) is 19.1 Å². The lowest BCUT2D eigenvalue weighted by molar-refractivity contribution is 0.0691. The Hall–Kier alpha value is -1.11. The molecule has 0 amide bonds. The van der Waals surface area contributed by atoms with Gasteiger partial charge in [-0.1, -0.05) is 6.07 Å². The molecule has 0 saturated carbocycles. The van der Waals surface area contributed by atoms with E-state index in [9.17, 15) is 14.3 Å². The fraction of sp³-hybridized carbons (Fsp3) is 0.462. The van der Waals surface area contributed by atoms with Gasteiger partial charge in [-0.25, -0.2) is 9.18 Å². The fourth-order valence-electron chi connectivity index (χ4n) is 1.68. The summed E-state index contributed by atoms with van der Waals surface area (Å²) >= 11 is 1.55. The number of aromatic carboxylic acids is 1. The van der Waals surface area contributed by atoms with Crippen molar-refractivity contribution in [2.24, 2.45) is 0 Å². The highest BCUT2D eigenvalue weighted by Crippen LogP contribution is 2.12. The average Bonchev–Trinajstić information content (AvgIpc) is 2.28. The normalized spacial score (nSPS) is 14.1. The number of benzene rings is 1. The van der Waals surface area contributed by atoms with Crippen LogP contribution in [0.15, 0.2) is 18.2 Å². The maximum absolute atomic E-state index is 13.4. The van der Waals surface area contributed by atoms with Crippen molar-refractivity contribution in [2.75, 3.05) is 18.6 Å². The number of thioether (sulfide) groups is 1. The van der Waals surface area contributed by atoms with Crippen molar-refractivity contribution in [3.63, 3.8) is 0 Å². The monoisotopic (exact) mass is 287 g/mol. The lowest BCUT2D eigenvalue weighted by atomic mass is 10.1. The van der Waals surface area contributed by atoms with Crippen LogP contribution in [-0.2, 0) is 6.54 Å². The summed E-state index contributed by atoms with van der Waals surface area (Å²) in [5.74, 6) is -1.42. The van der Waals surface area contributed by atoms with Gasteiger partial charge >= 0.3 is 5.97 Å². The number of rotatable bonds is 7. The molecule has 3 N–H and O–H groups in total. The van der Waals surface area contributed by atoms with Crippen LogP contribution < -0.4 is 5.32 Å². The molecule has 0 aromatic heterocycles. The molecule has 0 heterocycles. The lowest BCUT2D eigenvalue weighted by Crippen LogP contribution is -2.39. The number of carboxylic acids is 1. The zero-order valence-electron chi connectivity index (χ0n) is 10.9. The molecule has 106 valence electrons. The summed E-state index contributed by atoms with van der Waals surface area (Å²) in [6, 6.07) is 4.00. The molecular formula is C13H18FNO3S. The molecule has 0 fully saturated rings. The second-order valence-corrected chi connectivity index (χ2v) is 5.52. The van der Waals surface area contributed by atoms with Crippen molar-refractivity contribution in [1.82, 2.24) is 5.32 Å². The van der Waals surface area contributed by atoms with Gasteiger partial charge in [0.2, 0.25) is 0 Å². The third kappa shape index (κ3) is 5.18. The summed E-state index contributed by atoms with van der Waals surface area (Å²) in [6.07, 6.45) is 1.91. The number of hydrogen-bond acceptors (Lipinski definition) is 4. The van der Waals surface area contributed by atoms with Gasteiger partial charge in [0.1, 0.15) is 5.82 Å². The second kappa shape index (κ2) is 6.88. The van der Waals surface area contributed by atoms with Gasteiger partial charge in [-0.15, -0.1) is 0 Å². The Kier molecular flexibility index (Phi) is 5.78. The smallest absolute Gasteiger partial charge is 0.338 e. The van der Waals surface area contributed by atoms with Crippen molar-refractivity contribution >= 4 is 17.7 Å². The van der Waals surface area contributed by atoms with E-state index in [1.54, 1.807) is 24.8 Å². The molecule has 1 unspecified atom stereocenters. The zero-order valence-corrected chi connectivity index (χ0v) is 11.8. The molecule has 1 aromatic carbocycles. The van der Waals surface area contributed by atoms with Gasteiger partial charge in [0.05, 0.1) is 11.2 Å². The summed E-state index contributed by atoms with van der Waals surface area (Å²) in [7, 11) is 0. The van der Waals surface area contributed by atoms with Crippen LogP contribution in [0.25, 0.3) is 0 Å². The first-order chi connectivity index (χ1) is 8.85. The fourth-order valence-corrected chi connectivity index (χ4v) is 2.40. The second-order valence-electron chi connectivity index (χ2n) is 4.65. The predicted octanol–water partition coefficient (Wildman–Crippen LogP) is 1.73. The Morgan fingerprint density at radius 2 is 2.21 bits per heavy atom. The standard InChI is InChI=1S/C13H18FNO3S/c1-13(18,8-19-2)7-15-6-9-3-4-10(12(16)17)11(14)5-9/h3-5,15,18H,6-8H2,1-2H3,(H,16,17). The summed E-state index contributed by atoms with van der Waals surface area (Å²) in [5.41, 5.74) is -0.514. The zero-order chi connectivity index (χ0) is 14.5. The van der Waals surface area contributed by atoms with Gasteiger partial charge in [0.15, 0.2) is 0 Å². The van der Waals surface area contributed by atoms with Gasteiger partial charge in [0, 0.05) is 18.8 Å². The van der Waals surface area contributed by atoms with Crippen LogP contribution in [0.3, 0.4) is 0 Å². The molecule has 0 bridgehead atoms. The van der Waals surface area contributed by atoms with E-state index in [-0.39, 0.29) is 5.56 Å². The maximum Gasteiger partial charge on any atom is 0.338 e. The molecule has 0 aliphatic heterocycles. The minimum absolute atomic E-state index is 0.335. The molecule has 4 nitrogen and oxygen atoms in total. The Balaban J connectivity index is 2.55. The Morgan fingerprint density at radius 3 is 2.74 bits per heavy atom. The first kappa shape index (κ1) is 15.9. The van der Waals surface area contributed by atoms with Crippen molar-refractivity contribution in [1.29, 1.82) is 0 Å². The van der Waals surface area contributed by atoms with Crippen LogP contribution in [0.2, 0.25) is 0 Å². The van der Waals surface area contributed by atoms with E-state index < -0.39 is 17.4 Å². The van der Waals surface area contributed by atoms with Gasteiger partial charge in [0.25, 0.3) is 0 Å². The van der Waals surface area contributed by atoms with Crippen LogP contribution >= 0.6 is 11.8 Å². The minimum atomic E-state index is -1.28. The van der Waals surface area contributed by atoms with Gasteiger partial charge < -0.3 is 15.5 Å². The highest BCUT2D eigenvalue weighted by atomic mass is 32.2. The molecule has 0 radical (unpaired) electrons. The van der Waals surface area contributed by atoms with Crippen LogP contribution in [0.5, 0.6) is 0 Å². The lowest BCUT2D eigenvalue weighted by Gasteiger charge is -2.22. The third-order valence-electron chi connectivity index (χ3n) is 2.55. The summed E-state index contributed by atoms with van der Waals surface area (Å²) < 4.78 is 13.4. The molecule has 6 heteroatoms. The van der Waals surface area contributed by atoms with Crippen LogP contribution in [0.4, 0.5) is 4.39 Å². The molecule has 1 atom stereocenters. The van der Waals surface area contributed by atoms with Gasteiger partial charge in [-0.3, -0.25) is 0 Å². The Morgan fingerprint density at radius 1 is 1.53 bits per heavy atom. The van der Waals surface area contributed by atoms with Gasteiger partial charge in [-0.2, -0.15) is 11.8 Å². The topological polar surface area (TPSA) is 69.6 Å². The number of carboxylic acid groups (broad SMARTS) is 1. The molecular weight excluding hydrogens is 269 g/mol. The van der Waals surface area contributed by atoms with E-state index in [0.717, 1.165) is 0 Å². The molecule has 0 aliphatic carbocycles. The highest BCUT2D eigenvalue weighted by Gasteiger charge is 2.18. The van der Waals surface area contributed by atoms with E-state index >= 15 is 0 Å². The first-order valence-corrected chi connectivity index (χ1v) is 7.19. The summed E-state index contributed by atoms with van der Waals surface area (Å²) in [5, 5.41) is 21.7. The van der Waals surface area contributed by atoms with Gasteiger partial charge in [-0.05, 0) is 30.9 Å². The number of hydrogen-bond donors (Lipinski definition) is 3. The summed E-state index contributed by atoms with van der Waals surface area (Å²) in [6.45, 7) is 2.49. The highest BCUT2D eigenvalue weighted by molar-refractivity contribution is 7.98. The minimum Gasteiger partial charge on any atom is -0.478 e. The molecule has 0 aliphatic rings. The van der Waals surface area contributed by atoms with Crippen LogP contribution in [0.1, 0.15) is 22.8 Å². The Bertz CT molecular complexity index is 452. The molecule has 1 aromatic rings. The molecule has 19 heavy (non-hydrogen) atoms. The van der Waals surface area contributed by atoms with E-state index in [0.29, 0.717) is 24.4 Å². The van der Waals surface area contributed by atoms with Crippen molar-refractivity contribution in [3.05, 3.63) is 35.1 Å². The van der Waals surface area contributed by atoms with Crippen molar-refractivity contribution in [3.8, 4) is 0 Å². The van der Waals surface area contributed by atoms with Crippen molar-refractivity contribution < 1.29 is 19.4 Å². The van der Waals surface area contributed by atoms with Crippen LogP contribution in [0, 0.1) is 5.82 Å². The van der Waals surface area contributed by atoms with E-state index in [1.807, 2.05) is 6.26 Å². The quantitative estimate of drug-likeness (QED) is 0.712. The SMILES string of the molecule is CSCC(C)(O)CNCc1ccc(C(=O)O)c(F)c1. The number of aliphatic hydroxyl groups is 1. The number of nitrogens with one attached hydrogen (secondary N) is 1. The maximum atomic E-state index is 13.4. The van der Waals surface area contributed by atoms with Crippen LogP contribution in [-0.4, -0.2) is 40.3 Å².